The van der Waals surface area contributed by atoms with Gasteiger partial charge in [0.25, 0.3) is 0 Å². The Morgan fingerprint density at radius 1 is 0.692 bits per heavy atom. The monoisotopic (exact) mass is 580 g/mol. The van der Waals surface area contributed by atoms with Gasteiger partial charge >= 0.3 is 0 Å². The number of aliphatic hydroxyl groups excluding tert-OH is 3. The van der Waals surface area contributed by atoms with Gasteiger partial charge in [0.1, 0.15) is 12.2 Å². The normalized spacial score (nSPS) is 12.6. The summed E-state index contributed by atoms with van der Waals surface area (Å²) in [6, 6.07) is 0. The van der Waals surface area contributed by atoms with Crippen LogP contribution in [0.25, 0.3) is 0 Å². The van der Waals surface area contributed by atoms with Gasteiger partial charge < -0.3 is 36.6 Å². The van der Waals surface area contributed by atoms with E-state index in [1.165, 1.54) is 6.92 Å². The van der Waals surface area contributed by atoms with Gasteiger partial charge in [0.15, 0.2) is 0 Å². The summed E-state index contributed by atoms with van der Waals surface area (Å²) in [6.45, 7) is 5.45. The Bertz CT molecular complexity index is 760. The van der Waals surface area contributed by atoms with Gasteiger partial charge in [-0.15, -0.1) is 11.6 Å². The molecular formula is C24H45ClN6O8. The van der Waals surface area contributed by atoms with Crippen molar-refractivity contribution < 1.29 is 39.3 Å². The first-order chi connectivity index (χ1) is 18.5. The van der Waals surface area contributed by atoms with Gasteiger partial charge in [0, 0.05) is 77.7 Å². The lowest BCUT2D eigenvalue weighted by molar-refractivity contribution is -0.130. The summed E-state index contributed by atoms with van der Waals surface area (Å²) in [5.74, 6) is -1.71. The molecule has 0 bridgehead atoms. The van der Waals surface area contributed by atoms with Gasteiger partial charge in [-0.2, -0.15) is 0 Å². The molecule has 0 spiro atoms. The third-order valence-corrected chi connectivity index (χ3v) is 5.74. The van der Waals surface area contributed by atoms with Crippen LogP contribution in [0.1, 0.15) is 33.1 Å². The molecule has 0 saturated heterocycles. The molecule has 0 fully saturated rings. The number of nitrogens with one attached hydrogen (secondary N) is 4. The molecule has 0 aliphatic rings. The number of amides is 4. The number of aliphatic hydroxyl groups is 3. The molecule has 0 heterocycles. The Kier molecular flexibility index (Phi) is 21.1. The van der Waals surface area contributed by atoms with E-state index in [-0.39, 0.29) is 56.7 Å². The number of Topliss-reactive ketones (excluding diaryl/α,β-unsaturated/α-hetero) is 1. The molecule has 0 radical (unpaired) electrons. The summed E-state index contributed by atoms with van der Waals surface area (Å²) in [5, 5.41) is 39.3. The third-order valence-electron chi connectivity index (χ3n) is 5.38. The lowest BCUT2D eigenvalue weighted by Gasteiger charge is -2.25. The Morgan fingerprint density at radius 2 is 1.08 bits per heavy atom. The first-order valence-electron chi connectivity index (χ1n) is 13.0. The zero-order valence-corrected chi connectivity index (χ0v) is 23.7. The first kappa shape index (κ1) is 36.6. The summed E-state index contributed by atoms with van der Waals surface area (Å²) in [5.41, 5.74) is 0. The zero-order valence-electron chi connectivity index (χ0n) is 22.9. The van der Waals surface area contributed by atoms with Gasteiger partial charge in [0.05, 0.1) is 25.2 Å². The third kappa shape index (κ3) is 21.2. The predicted octanol–water partition coefficient (Wildman–Crippen LogP) is -3.21. The van der Waals surface area contributed by atoms with Crippen molar-refractivity contribution in [1.29, 1.82) is 0 Å². The van der Waals surface area contributed by atoms with E-state index in [9.17, 15) is 34.2 Å². The number of halogens is 1. The molecule has 2 atom stereocenters. The van der Waals surface area contributed by atoms with E-state index >= 15 is 0 Å². The molecule has 2 unspecified atom stereocenters. The zero-order chi connectivity index (χ0) is 29.6. The standard InChI is InChI=1S/C24H45ClN6O8/c1-3-21(36)26-4-8-31(16-20(35)17-32)11-7-29-24(39)13-23(38)28-6-10-30(15-19(34)14-25)9-5-27-22(37)12-18(2)33/h19-20,32,34-35H,3-17H2,1-2H3,(H,26,36)(H,27,37)(H,28,38)(H,29,39). The van der Waals surface area contributed by atoms with Crippen LogP contribution < -0.4 is 21.3 Å². The lowest BCUT2D eigenvalue weighted by Crippen LogP contribution is -2.44. The Hall–Kier alpha value is -2.36. The molecule has 226 valence electrons. The van der Waals surface area contributed by atoms with Crippen molar-refractivity contribution in [3.63, 3.8) is 0 Å². The lowest BCUT2D eigenvalue weighted by atomic mass is 10.3. The van der Waals surface area contributed by atoms with Crippen molar-refractivity contribution in [2.45, 2.75) is 45.3 Å². The fourth-order valence-electron chi connectivity index (χ4n) is 3.39. The molecule has 4 amide bonds. The van der Waals surface area contributed by atoms with E-state index in [0.717, 1.165) is 0 Å². The number of hydrogen-bond acceptors (Lipinski definition) is 10. The average Bonchev–Trinajstić information content (AvgIpc) is 2.87. The highest BCUT2D eigenvalue weighted by Gasteiger charge is 2.15. The maximum absolute atomic E-state index is 12.2. The largest absolute Gasteiger partial charge is 0.394 e. The van der Waals surface area contributed by atoms with Crippen molar-refractivity contribution in [3.05, 3.63) is 0 Å². The van der Waals surface area contributed by atoms with Crippen molar-refractivity contribution in [2.24, 2.45) is 0 Å². The molecule has 0 aromatic carbocycles. The highest BCUT2D eigenvalue weighted by Crippen LogP contribution is 1.96. The summed E-state index contributed by atoms with van der Waals surface area (Å²) < 4.78 is 0. The minimum absolute atomic E-state index is 0.0174. The van der Waals surface area contributed by atoms with Crippen molar-refractivity contribution in [1.82, 2.24) is 31.1 Å². The van der Waals surface area contributed by atoms with Gasteiger partial charge in [-0.3, -0.25) is 33.8 Å². The second kappa shape index (κ2) is 22.5. The van der Waals surface area contributed by atoms with E-state index in [1.54, 1.807) is 16.7 Å². The molecule has 7 N–H and O–H groups in total. The van der Waals surface area contributed by atoms with Crippen molar-refractivity contribution >= 4 is 41.0 Å². The Morgan fingerprint density at radius 3 is 1.44 bits per heavy atom. The topological polar surface area (TPSA) is 201 Å². The second-order valence-electron chi connectivity index (χ2n) is 9.05. The average molecular weight is 581 g/mol. The van der Waals surface area contributed by atoms with Gasteiger partial charge in [-0.25, -0.2) is 0 Å². The maximum atomic E-state index is 12.2. The van der Waals surface area contributed by atoms with Gasteiger partial charge in [-0.05, 0) is 6.92 Å². The highest BCUT2D eigenvalue weighted by molar-refractivity contribution is 6.18. The van der Waals surface area contributed by atoms with Gasteiger partial charge in [-0.1, -0.05) is 6.92 Å². The summed E-state index contributed by atoms with van der Waals surface area (Å²) in [7, 11) is 0. The summed E-state index contributed by atoms with van der Waals surface area (Å²) >= 11 is 5.68. The fraction of sp³-hybridized carbons (Fsp3) is 0.792. The predicted molar refractivity (Wildman–Crippen MR) is 145 cm³/mol. The van der Waals surface area contributed by atoms with Crippen LogP contribution in [-0.4, -0.2) is 145 Å². The first-order valence-corrected chi connectivity index (χ1v) is 13.6. The van der Waals surface area contributed by atoms with Crippen LogP contribution in [0.5, 0.6) is 0 Å². The van der Waals surface area contributed by atoms with Crippen molar-refractivity contribution in [2.75, 3.05) is 77.9 Å². The Balaban J connectivity index is 4.45. The summed E-state index contributed by atoms with van der Waals surface area (Å²) in [6.07, 6.45) is -2.01. The molecule has 14 nitrogen and oxygen atoms in total. The molecule has 0 aliphatic heterocycles. The van der Waals surface area contributed by atoms with E-state index in [4.69, 9.17) is 16.7 Å². The van der Waals surface area contributed by atoms with Crippen LogP contribution >= 0.6 is 11.6 Å². The number of carbonyl (C=O) groups is 5. The molecule has 0 aliphatic carbocycles. The van der Waals surface area contributed by atoms with Crippen LogP contribution in [0.3, 0.4) is 0 Å². The number of rotatable bonds is 23. The molecular weight excluding hydrogens is 536 g/mol. The molecule has 0 aromatic rings. The molecule has 0 aromatic heterocycles. The minimum Gasteiger partial charge on any atom is -0.394 e. The van der Waals surface area contributed by atoms with Crippen LogP contribution in [0.4, 0.5) is 0 Å². The smallest absolute Gasteiger partial charge is 0.229 e. The van der Waals surface area contributed by atoms with Crippen LogP contribution in [0.15, 0.2) is 0 Å². The van der Waals surface area contributed by atoms with E-state index in [1.807, 2.05) is 0 Å². The molecule has 15 heteroatoms. The van der Waals surface area contributed by atoms with Crippen LogP contribution in [0.2, 0.25) is 0 Å². The minimum atomic E-state index is -0.963. The molecule has 39 heavy (non-hydrogen) atoms. The maximum Gasteiger partial charge on any atom is 0.229 e. The number of ketones is 1. The number of alkyl halides is 1. The fourth-order valence-corrected chi connectivity index (χ4v) is 3.49. The summed E-state index contributed by atoms with van der Waals surface area (Å²) in [4.78, 5) is 61.9. The second-order valence-corrected chi connectivity index (χ2v) is 9.36. The Labute approximate surface area is 234 Å². The van der Waals surface area contributed by atoms with E-state index < -0.39 is 43.0 Å². The quantitative estimate of drug-likeness (QED) is 0.0476. The van der Waals surface area contributed by atoms with E-state index in [2.05, 4.69) is 21.3 Å². The molecule has 0 saturated carbocycles. The van der Waals surface area contributed by atoms with Crippen LogP contribution in [0, 0.1) is 0 Å². The van der Waals surface area contributed by atoms with Crippen molar-refractivity contribution in [3.8, 4) is 0 Å². The number of carbonyl (C=O) groups excluding carboxylic acids is 5. The highest BCUT2D eigenvalue weighted by atomic mass is 35.5. The van der Waals surface area contributed by atoms with E-state index in [0.29, 0.717) is 39.1 Å². The number of nitrogens with zero attached hydrogens (tertiary/aromatic N) is 2. The SMILES string of the molecule is CCC(=O)NCCN(CCNC(=O)CC(=O)NCCN(CCNC(=O)CC(C)=O)CC(O)CCl)CC(O)CO. The number of hydrogen-bond donors (Lipinski definition) is 7. The molecule has 0 rings (SSSR count). The van der Waals surface area contributed by atoms with Crippen LogP contribution in [-0.2, 0) is 24.0 Å². The van der Waals surface area contributed by atoms with Gasteiger partial charge in [0.2, 0.25) is 23.6 Å².